The number of nitrogens with zero attached hydrogens (tertiary/aromatic N) is 2. The van der Waals surface area contributed by atoms with Crippen LogP contribution in [0.4, 0.5) is 0 Å². The lowest BCUT2D eigenvalue weighted by Crippen LogP contribution is -2.07. The highest BCUT2D eigenvalue weighted by Gasteiger charge is 2.02. The molecular formula is C12H14IN3. The third-order valence-electron chi connectivity index (χ3n) is 2.51. The topological polar surface area (TPSA) is 29.9 Å². The molecule has 1 aromatic carbocycles. The van der Waals surface area contributed by atoms with Gasteiger partial charge in [-0.25, -0.2) is 4.68 Å². The van der Waals surface area contributed by atoms with E-state index in [1.165, 1.54) is 11.1 Å². The van der Waals surface area contributed by atoms with Crippen molar-refractivity contribution in [3.8, 4) is 5.69 Å². The van der Waals surface area contributed by atoms with Crippen molar-refractivity contribution in [1.82, 2.24) is 15.1 Å². The van der Waals surface area contributed by atoms with E-state index in [0.717, 1.165) is 15.8 Å². The van der Waals surface area contributed by atoms with E-state index in [1.807, 2.05) is 24.1 Å². The molecule has 0 aliphatic carbocycles. The Morgan fingerprint density at radius 1 is 1.44 bits per heavy atom. The first-order chi connectivity index (χ1) is 7.70. The van der Waals surface area contributed by atoms with Crippen LogP contribution in [0.1, 0.15) is 11.1 Å². The van der Waals surface area contributed by atoms with Crippen LogP contribution in [0.3, 0.4) is 0 Å². The fraction of sp³-hybridized carbons (Fsp3) is 0.250. The van der Waals surface area contributed by atoms with Crippen LogP contribution in [-0.2, 0) is 6.54 Å². The summed E-state index contributed by atoms with van der Waals surface area (Å²) >= 11 is 2.26. The number of aryl methyl sites for hydroxylation is 1. The molecule has 2 aromatic rings. The van der Waals surface area contributed by atoms with E-state index >= 15 is 0 Å². The molecule has 4 heteroatoms. The number of aromatic nitrogens is 2. The summed E-state index contributed by atoms with van der Waals surface area (Å²) in [5, 5.41) is 7.46. The molecule has 0 atom stereocenters. The van der Waals surface area contributed by atoms with Crippen molar-refractivity contribution < 1.29 is 0 Å². The summed E-state index contributed by atoms with van der Waals surface area (Å²) in [7, 11) is 1.96. The number of hydrogen-bond donors (Lipinski definition) is 1. The Labute approximate surface area is 109 Å². The van der Waals surface area contributed by atoms with Gasteiger partial charge in [0, 0.05) is 12.7 Å². The number of rotatable bonds is 3. The molecule has 0 amide bonds. The van der Waals surface area contributed by atoms with Gasteiger partial charge in [-0.15, -0.1) is 0 Å². The predicted octanol–water partition coefficient (Wildman–Crippen LogP) is 2.50. The fourth-order valence-electron chi connectivity index (χ4n) is 1.65. The van der Waals surface area contributed by atoms with Crippen LogP contribution in [0.5, 0.6) is 0 Å². The number of nitrogens with one attached hydrogen (secondary N) is 1. The highest BCUT2D eigenvalue weighted by molar-refractivity contribution is 14.1. The normalized spacial score (nSPS) is 10.7. The van der Waals surface area contributed by atoms with Gasteiger partial charge in [-0.1, -0.05) is 6.07 Å². The molecule has 0 saturated heterocycles. The molecule has 0 fully saturated rings. The minimum Gasteiger partial charge on any atom is -0.316 e. The van der Waals surface area contributed by atoms with E-state index in [1.54, 1.807) is 0 Å². The third kappa shape index (κ3) is 2.44. The smallest absolute Gasteiger partial charge is 0.0648 e. The van der Waals surface area contributed by atoms with Gasteiger partial charge in [0.1, 0.15) is 0 Å². The average molecular weight is 327 g/mol. The second kappa shape index (κ2) is 4.97. The SMILES string of the molecule is CNCc1ccc(-n2cc(I)cn2)cc1C. The monoisotopic (exact) mass is 327 g/mol. The minimum absolute atomic E-state index is 0.906. The van der Waals surface area contributed by atoms with Gasteiger partial charge < -0.3 is 5.32 Å². The Bertz CT molecular complexity index is 491. The maximum absolute atomic E-state index is 4.30. The first kappa shape index (κ1) is 11.6. The van der Waals surface area contributed by atoms with Crippen molar-refractivity contribution in [3.63, 3.8) is 0 Å². The molecule has 1 N–H and O–H groups in total. The maximum Gasteiger partial charge on any atom is 0.0648 e. The molecule has 0 aliphatic rings. The van der Waals surface area contributed by atoms with E-state index in [-0.39, 0.29) is 0 Å². The van der Waals surface area contributed by atoms with Gasteiger partial charge in [-0.3, -0.25) is 0 Å². The quantitative estimate of drug-likeness (QED) is 0.878. The van der Waals surface area contributed by atoms with Crippen LogP contribution in [0.25, 0.3) is 5.69 Å². The highest BCUT2D eigenvalue weighted by atomic mass is 127. The standard InChI is InChI=1S/C12H14IN3/c1-9-5-12(4-3-10(9)6-14-2)16-8-11(13)7-15-16/h3-5,7-8,14H,6H2,1-2H3. The molecule has 3 nitrogen and oxygen atoms in total. The Morgan fingerprint density at radius 3 is 2.81 bits per heavy atom. The molecule has 16 heavy (non-hydrogen) atoms. The molecule has 1 aromatic heterocycles. The maximum atomic E-state index is 4.30. The second-order valence-corrected chi connectivity index (χ2v) is 4.99. The Kier molecular flexibility index (Phi) is 3.60. The van der Waals surface area contributed by atoms with Crippen LogP contribution in [-0.4, -0.2) is 16.8 Å². The van der Waals surface area contributed by atoms with Crippen LogP contribution in [0.2, 0.25) is 0 Å². The first-order valence-electron chi connectivity index (χ1n) is 5.15. The summed E-state index contributed by atoms with van der Waals surface area (Å²) < 4.78 is 3.05. The zero-order valence-electron chi connectivity index (χ0n) is 9.37. The van der Waals surface area contributed by atoms with Gasteiger partial charge in [0.25, 0.3) is 0 Å². The fourth-order valence-corrected chi connectivity index (χ4v) is 2.04. The molecule has 0 spiro atoms. The third-order valence-corrected chi connectivity index (χ3v) is 3.07. The number of hydrogen-bond acceptors (Lipinski definition) is 2. The molecule has 1 heterocycles. The average Bonchev–Trinajstić information content (AvgIpc) is 2.68. The lowest BCUT2D eigenvalue weighted by atomic mass is 10.1. The van der Waals surface area contributed by atoms with Gasteiger partial charge in [-0.05, 0) is 59.8 Å². The summed E-state index contributed by atoms with van der Waals surface area (Å²) in [5.74, 6) is 0. The van der Waals surface area contributed by atoms with Crippen molar-refractivity contribution in [2.45, 2.75) is 13.5 Å². The van der Waals surface area contributed by atoms with E-state index in [2.05, 4.69) is 58.1 Å². The van der Waals surface area contributed by atoms with Crippen LogP contribution < -0.4 is 5.32 Å². The Morgan fingerprint density at radius 2 is 2.25 bits per heavy atom. The van der Waals surface area contributed by atoms with Crippen molar-refractivity contribution in [2.75, 3.05) is 7.05 Å². The van der Waals surface area contributed by atoms with E-state index < -0.39 is 0 Å². The van der Waals surface area contributed by atoms with Crippen molar-refractivity contribution in [1.29, 1.82) is 0 Å². The van der Waals surface area contributed by atoms with Crippen LogP contribution in [0.15, 0.2) is 30.6 Å². The summed E-state index contributed by atoms with van der Waals surface area (Å²) in [4.78, 5) is 0. The Hall–Kier alpha value is -0.880. The zero-order valence-corrected chi connectivity index (χ0v) is 11.5. The van der Waals surface area contributed by atoms with Crippen molar-refractivity contribution >= 4 is 22.6 Å². The van der Waals surface area contributed by atoms with Crippen molar-refractivity contribution in [2.24, 2.45) is 0 Å². The summed E-state index contributed by atoms with van der Waals surface area (Å²) in [6.45, 7) is 3.04. The molecule has 2 rings (SSSR count). The minimum atomic E-state index is 0.906. The summed E-state index contributed by atoms with van der Waals surface area (Å²) in [5.41, 5.74) is 3.73. The summed E-state index contributed by atoms with van der Waals surface area (Å²) in [6, 6.07) is 6.41. The van der Waals surface area contributed by atoms with Gasteiger partial charge in [-0.2, -0.15) is 5.10 Å². The molecule has 0 unspecified atom stereocenters. The molecule has 0 aliphatic heterocycles. The molecule has 0 bridgehead atoms. The van der Waals surface area contributed by atoms with Gasteiger partial charge in [0.05, 0.1) is 15.5 Å². The van der Waals surface area contributed by atoms with Crippen molar-refractivity contribution in [3.05, 3.63) is 45.3 Å². The van der Waals surface area contributed by atoms with Crippen LogP contribution in [0, 0.1) is 10.5 Å². The van der Waals surface area contributed by atoms with E-state index in [4.69, 9.17) is 0 Å². The van der Waals surface area contributed by atoms with E-state index in [9.17, 15) is 0 Å². The zero-order chi connectivity index (χ0) is 11.5. The summed E-state index contributed by atoms with van der Waals surface area (Å²) in [6.07, 6.45) is 3.88. The predicted molar refractivity (Wildman–Crippen MR) is 73.8 cm³/mol. The lowest BCUT2D eigenvalue weighted by Gasteiger charge is -2.08. The number of benzene rings is 1. The first-order valence-corrected chi connectivity index (χ1v) is 6.23. The lowest BCUT2D eigenvalue weighted by molar-refractivity contribution is 0.808. The van der Waals surface area contributed by atoms with Crippen LogP contribution >= 0.6 is 22.6 Å². The van der Waals surface area contributed by atoms with Gasteiger partial charge in [0.15, 0.2) is 0 Å². The molecule has 0 saturated carbocycles. The van der Waals surface area contributed by atoms with Gasteiger partial charge >= 0.3 is 0 Å². The second-order valence-electron chi connectivity index (χ2n) is 3.74. The number of halogens is 1. The molecule has 0 radical (unpaired) electrons. The molecular weight excluding hydrogens is 313 g/mol. The van der Waals surface area contributed by atoms with E-state index in [0.29, 0.717) is 0 Å². The Balaban J connectivity index is 2.34. The highest BCUT2D eigenvalue weighted by Crippen LogP contribution is 2.15. The molecule has 84 valence electrons. The van der Waals surface area contributed by atoms with Gasteiger partial charge in [0.2, 0.25) is 0 Å². The largest absolute Gasteiger partial charge is 0.316 e.